The van der Waals surface area contributed by atoms with Crippen molar-refractivity contribution in [1.29, 1.82) is 5.26 Å². The lowest BCUT2D eigenvalue weighted by Crippen LogP contribution is -2.21. The number of nitriles is 1. The molecule has 2 aromatic heterocycles. The Morgan fingerprint density at radius 1 is 1.23 bits per heavy atom. The number of esters is 1. The molecule has 8 heteroatoms. The van der Waals surface area contributed by atoms with E-state index in [2.05, 4.69) is 10.1 Å². The molecule has 0 aliphatic carbocycles. The minimum absolute atomic E-state index is 0.106. The van der Waals surface area contributed by atoms with Gasteiger partial charge in [-0.2, -0.15) is 9.94 Å². The Balaban J connectivity index is 2.23. The monoisotopic (exact) mass is 349 g/mol. The van der Waals surface area contributed by atoms with Crippen LogP contribution in [-0.2, 0) is 11.8 Å². The second kappa shape index (κ2) is 7.03. The minimum atomic E-state index is -0.596. The Morgan fingerprint density at radius 3 is 2.62 bits per heavy atom. The van der Waals surface area contributed by atoms with Gasteiger partial charge in [-0.15, -0.1) is 5.10 Å². The zero-order valence-electron chi connectivity index (χ0n) is 14.2. The van der Waals surface area contributed by atoms with E-state index in [1.807, 2.05) is 12.1 Å². The molecule has 3 aromatic rings. The van der Waals surface area contributed by atoms with Gasteiger partial charge in [-0.1, -0.05) is 18.2 Å². The van der Waals surface area contributed by atoms with E-state index >= 15 is 0 Å². The topological polar surface area (TPSA) is 103 Å². The third-order valence-corrected chi connectivity index (χ3v) is 3.70. The Labute approximate surface area is 148 Å². The molecule has 0 radical (unpaired) electrons. The maximum Gasteiger partial charge on any atom is 0.350 e. The van der Waals surface area contributed by atoms with Crippen molar-refractivity contribution in [3.05, 3.63) is 64.2 Å². The summed E-state index contributed by atoms with van der Waals surface area (Å²) >= 11 is 0. The van der Waals surface area contributed by atoms with Crippen LogP contribution in [0.3, 0.4) is 0 Å². The van der Waals surface area contributed by atoms with E-state index < -0.39 is 11.7 Å². The molecule has 0 bridgehead atoms. The van der Waals surface area contributed by atoms with E-state index in [4.69, 9.17) is 10.00 Å². The highest BCUT2D eigenvalue weighted by Crippen LogP contribution is 2.21. The summed E-state index contributed by atoms with van der Waals surface area (Å²) in [5, 5.41) is 13.4. The van der Waals surface area contributed by atoms with Crippen LogP contribution in [-0.4, -0.2) is 31.9 Å². The molecule has 0 saturated carbocycles. The maximum absolute atomic E-state index is 12.6. The Bertz CT molecular complexity index is 1060. The summed E-state index contributed by atoms with van der Waals surface area (Å²) in [6, 6.07) is 13.7. The second-order valence-corrected chi connectivity index (χ2v) is 5.34. The van der Waals surface area contributed by atoms with E-state index in [1.54, 1.807) is 31.2 Å². The Morgan fingerprint density at radius 2 is 1.96 bits per heavy atom. The van der Waals surface area contributed by atoms with E-state index in [-0.39, 0.29) is 29.4 Å². The predicted molar refractivity (Wildman–Crippen MR) is 92.7 cm³/mol. The van der Waals surface area contributed by atoms with Crippen LogP contribution >= 0.6 is 0 Å². The number of para-hydroxylation sites is 1. The standard InChI is InChI=1S/C18H15N5O3/c1-3-26-17(24)14-10-9-12(11-19)20-15(14)16-21-23(18(25)22(16)2)13-7-5-4-6-8-13/h4-10H,3H2,1-2H3. The van der Waals surface area contributed by atoms with Crippen LogP contribution in [0.2, 0.25) is 0 Å². The molecule has 0 unspecified atom stereocenters. The van der Waals surface area contributed by atoms with Gasteiger partial charge in [0.15, 0.2) is 5.82 Å². The normalized spacial score (nSPS) is 10.3. The third kappa shape index (κ3) is 2.98. The average Bonchev–Trinajstić information content (AvgIpc) is 2.97. The molecule has 0 atom stereocenters. The van der Waals surface area contributed by atoms with Crippen LogP contribution in [0, 0.1) is 11.3 Å². The van der Waals surface area contributed by atoms with Crippen molar-refractivity contribution in [3.8, 4) is 23.3 Å². The molecule has 0 aliphatic heterocycles. The van der Waals surface area contributed by atoms with E-state index in [0.29, 0.717) is 5.69 Å². The summed E-state index contributed by atoms with van der Waals surface area (Å²) in [4.78, 5) is 29.0. The number of ether oxygens (including phenoxy) is 1. The van der Waals surface area contributed by atoms with Gasteiger partial charge in [0.25, 0.3) is 0 Å². The lowest BCUT2D eigenvalue weighted by Gasteiger charge is -2.07. The molecule has 0 spiro atoms. The number of aromatic nitrogens is 4. The maximum atomic E-state index is 12.6. The molecule has 0 amide bonds. The van der Waals surface area contributed by atoms with Crippen molar-refractivity contribution >= 4 is 5.97 Å². The zero-order chi connectivity index (χ0) is 18.7. The van der Waals surface area contributed by atoms with Crippen molar-refractivity contribution in [2.24, 2.45) is 7.05 Å². The molecular weight excluding hydrogens is 334 g/mol. The lowest BCUT2D eigenvalue weighted by atomic mass is 10.1. The van der Waals surface area contributed by atoms with Crippen LogP contribution in [0.4, 0.5) is 0 Å². The van der Waals surface area contributed by atoms with E-state index in [0.717, 1.165) is 0 Å². The summed E-state index contributed by atoms with van der Waals surface area (Å²) in [6.07, 6.45) is 0. The highest BCUT2D eigenvalue weighted by atomic mass is 16.5. The average molecular weight is 349 g/mol. The summed E-state index contributed by atoms with van der Waals surface area (Å²) in [7, 11) is 1.53. The predicted octanol–water partition coefficient (Wildman–Crippen LogP) is 1.68. The summed E-state index contributed by atoms with van der Waals surface area (Å²) in [5.41, 5.74) is 0.546. The smallest absolute Gasteiger partial charge is 0.350 e. The van der Waals surface area contributed by atoms with Crippen molar-refractivity contribution in [2.75, 3.05) is 6.61 Å². The van der Waals surface area contributed by atoms with Gasteiger partial charge in [0.05, 0.1) is 17.9 Å². The molecule has 2 heterocycles. The number of rotatable bonds is 4. The van der Waals surface area contributed by atoms with Gasteiger partial charge < -0.3 is 4.74 Å². The van der Waals surface area contributed by atoms with Gasteiger partial charge in [0.1, 0.15) is 17.5 Å². The number of hydrogen-bond acceptors (Lipinski definition) is 6. The zero-order valence-corrected chi connectivity index (χ0v) is 14.2. The first-order valence-electron chi connectivity index (χ1n) is 7.87. The fourth-order valence-electron chi connectivity index (χ4n) is 2.45. The largest absolute Gasteiger partial charge is 0.462 e. The van der Waals surface area contributed by atoms with Gasteiger partial charge in [0.2, 0.25) is 0 Å². The molecule has 0 fully saturated rings. The fourth-order valence-corrected chi connectivity index (χ4v) is 2.45. The number of hydrogen-bond donors (Lipinski definition) is 0. The number of benzene rings is 1. The number of pyridine rings is 1. The number of carbonyl (C=O) groups is 1. The van der Waals surface area contributed by atoms with Crippen LogP contribution in [0.1, 0.15) is 23.0 Å². The molecule has 8 nitrogen and oxygen atoms in total. The molecular formula is C18H15N5O3. The first kappa shape index (κ1) is 17.1. The molecule has 1 aromatic carbocycles. The highest BCUT2D eigenvalue weighted by molar-refractivity contribution is 5.95. The summed E-state index contributed by atoms with van der Waals surface area (Å²) in [6.45, 7) is 1.88. The number of carbonyl (C=O) groups excluding carboxylic acids is 1. The van der Waals surface area contributed by atoms with E-state index in [1.165, 1.54) is 28.4 Å². The van der Waals surface area contributed by atoms with Gasteiger partial charge in [0, 0.05) is 7.05 Å². The van der Waals surface area contributed by atoms with Crippen molar-refractivity contribution in [2.45, 2.75) is 6.92 Å². The van der Waals surface area contributed by atoms with Crippen LogP contribution in [0.25, 0.3) is 17.2 Å². The number of nitrogens with zero attached hydrogens (tertiary/aromatic N) is 5. The second-order valence-electron chi connectivity index (χ2n) is 5.34. The fraction of sp³-hybridized carbons (Fsp3) is 0.167. The lowest BCUT2D eigenvalue weighted by molar-refractivity contribution is 0.0527. The van der Waals surface area contributed by atoms with Gasteiger partial charge >= 0.3 is 11.7 Å². The van der Waals surface area contributed by atoms with Gasteiger partial charge in [-0.05, 0) is 31.2 Å². The molecule has 0 N–H and O–H groups in total. The molecule has 3 rings (SSSR count). The molecule has 26 heavy (non-hydrogen) atoms. The minimum Gasteiger partial charge on any atom is -0.462 e. The van der Waals surface area contributed by atoms with Crippen LogP contribution in [0.5, 0.6) is 0 Å². The SMILES string of the molecule is CCOC(=O)c1ccc(C#N)nc1-c1nn(-c2ccccc2)c(=O)n1C. The Kier molecular flexibility index (Phi) is 4.62. The highest BCUT2D eigenvalue weighted by Gasteiger charge is 2.22. The van der Waals surface area contributed by atoms with Crippen molar-refractivity contribution in [3.63, 3.8) is 0 Å². The Hall–Kier alpha value is -3.73. The summed E-state index contributed by atoms with van der Waals surface area (Å²) < 4.78 is 7.53. The van der Waals surface area contributed by atoms with Gasteiger partial charge in [-0.25, -0.2) is 14.6 Å². The quantitative estimate of drug-likeness (QED) is 0.664. The van der Waals surface area contributed by atoms with Crippen LogP contribution < -0.4 is 5.69 Å². The third-order valence-electron chi connectivity index (χ3n) is 3.70. The molecule has 130 valence electrons. The first-order chi connectivity index (χ1) is 12.6. The first-order valence-corrected chi connectivity index (χ1v) is 7.87. The van der Waals surface area contributed by atoms with Crippen molar-refractivity contribution < 1.29 is 9.53 Å². The summed E-state index contributed by atoms with van der Waals surface area (Å²) in [5.74, 6) is -0.430. The van der Waals surface area contributed by atoms with Crippen LogP contribution in [0.15, 0.2) is 47.3 Å². The van der Waals surface area contributed by atoms with Gasteiger partial charge in [-0.3, -0.25) is 4.57 Å². The molecule has 0 saturated heterocycles. The van der Waals surface area contributed by atoms with E-state index in [9.17, 15) is 9.59 Å². The van der Waals surface area contributed by atoms with Crippen molar-refractivity contribution in [1.82, 2.24) is 19.3 Å². The molecule has 0 aliphatic rings.